The molecule has 0 radical (unpaired) electrons. The first-order chi connectivity index (χ1) is 8.84. The van der Waals surface area contributed by atoms with Crippen molar-refractivity contribution in [2.45, 2.75) is 46.6 Å². The number of hydrogen-bond donors (Lipinski definition) is 1. The van der Waals surface area contributed by atoms with Crippen molar-refractivity contribution in [1.82, 2.24) is 19.5 Å². The lowest BCUT2D eigenvalue weighted by atomic mass is 9.95. The van der Waals surface area contributed by atoms with E-state index in [0.29, 0.717) is 5.82 Å². The van der Waals surface area contributed by atoms with E-state index >= 15 is 0 Å². The van der Waals surface area contributed by atoms with E-state index in [1.165, 1.54) is 0 Å². The molecule has 2 rings (SSSR count). The lowest BCUT2D eigenvalue weighted by Crippen LogP contribution is -2.19. The van der Waals surface area contributed by atoms with Crippen molar-refractivity contribution >= 4 is 5.82 Å². The molecule has 2 aromatic rings. The highest BCUT2D eigenvalue weighted by Gasteiger charge is 2.22. The molecule has 5 heteroatoms. The molecule has 0 aromatic carbocycles. The van der Waals surface area contributed by atoms with Gasteiger partial charge >= 0.3 is 0 Å². The Morgan fingerprint density at radius 3 is 2.53 bits per heavy atom. The number of nitrogen functional groups attached to an aromatic ring is 1. The first kappa shape index (κ1) is 13.5. The maximum absolute atomic E-state index is 6.03. The molecule has 2 aromatic heterocycles. The van der Waals surface area contributed by atoms with Gasteiger partial charge in [-0.3, -0.25) is 0 Å². The van der Waals surface area contributed by atoms with E-state index in [0.717, 1.165) is 29.5 Å². The summed E-state index contributed by atoms with van der Waals surface area (Å²) in [6.07, 6.45) is 3.73. The van der Waals surface area contributed by atoms with Crippen LogP contribution in [0.1, 0.15) is 39.1 Å². The Morgan fingerprint density at radius 2 is 1.95 bits per heavy atom. The van der Waals surface area contributed by atoms with Crippen LogP contribution in [0.5, 0.6) is 0 Å². The van der Waals surface area contributed by atoms with Crippen molar-refractivity contribution in [3.63, 3.8) is 0 Å². The fourth-order valence-electron chi connectivity index (χ4n) is 1.87. The Balaban J connectivity index is 2.66. The van der Waals surface area contributed by atoms with Crippen molar-refractivity contribution in [2.75, 3.05) is 5.73 Å². The third-order valence-electron chi connectivity index (χ3n) is 3.12. The van der Waals surface area contributed by atoms with Gasteiger partial charge in [0, 0.05) is 29.9 Å². The summed E-state index contributed by atoms with van der Waals surface area (Å²) < 4.78 is 2.06. The van der Waals surface area contributed by atoms with E-state index in [2.05, 4.69) is 47.2 Å². The highest BCUT2D eigenvalue weighted by Crippen LogP contribution is 2.27. The first-order valence-corrected chi connectivity index (χ1v) is 6.50. The van der Waals surface area contributed by atoms with Crippen LogP contribution in [0.4, 0.5) is 5.82 Å². The molecule has 2 N–H and O–H groups in total. The van der Waals surface area contributed by atoms with Crippen LogP contribution in [0.2, 0.25) is 0 Å². The summed E-state index contributed by atoms with van der Waals surface area (Å²) in [6.45, 7) is 11.1. The smallest absolute Gasteiger partial charge is 0.159 e. The molecule has 0 aliphatic rings. The van der Waals surface area contributed by atoms with Crippen LogP contribution in [-0.4, -0.2) is 19.5 Å². The van der Waals surface area contributed by atoms with Gasteiger partial charge in [-0.25, -0.2) is 15.0 Å². The van der Waals surface area contributed by atoms with E-state index in [-0.39, 0.29) is 5.41 Å². The van der Waals surface area contributed by atoms with Gasteiger partial charge in [0.1, 0.15) is 17.3 Å². The summed E-state index contributed by atoms with van der Waals surface area (Å²) in [7, 11) is 0. The Hall–Kier alpha value is -1.91. The molecule has 0 amide bonds. The molecule has 0 spiro atoms. The monoisotopic (exact) mass is 259 g/mol. The van der Waals surface area contributed by atoms with Crippen LogP contribution in [0, 0.1) is 6.92 Å². The van der Waals surface area contributed by atoms with Gasteiger partial charge in [0.25, 0.3) is 0 Å². The Kier molecular flexibility index (Phi) is 3.30. The number of nitrogens with two attached hydrogens (primary N) is 1. The van der Waals surface area contributed by atoms with Crippen molar-refractivity contribution < 1.29 is 0 Å². The predicted molar refractivity (Wildman–Crippen MR) is 76.8 cm³/mol. The van der Waals surface area contributed by atoms with Crippen LogP contribution in [0.3, 0.4) is 0 Å². The maximum atomic E-state index is 6.03. The zero-order chi connectivity index (χ0) is 14.2. The minimum Gasteiger partial charge on any atom is -0.383 e. The second-order valence-electron chi connectivity index (χ2n) is 5.69. The normalized spacial score (nSPS) is 11.8. The lowest BCUT2D eigenvalue weighted by Gasteiger charge is -2.19. The first-order valence-electron chi connectivity index (χ1n) is 6.50. The number of anilines is 1. The molecule has 0 saturated carbocycles. The van der Waals surface area contributed by atoms with Gasteiger partial charge < -0.3 is 10.3 Å². The van der Waals surface area contributed by atoms with Crippen molar-refractivity contribution in [3.05, 3.63) is 23.8 Å². The second kappa shape index (κ2) is 4.64. The number of imidazole rings is 1. The van der Waals surface area contributed by atoms with E-state index in [1.54, 1.807) is 6.20 Å². The van der Waals surface area contributed by atoms with Gasteiger partial charge in [-0.15, -0.1) is 0 Å². The molecule has 5 nitrogen and oxygen atoms in total. The molecule has 0 aliphatic heterocycles. The molecule has 19 heavy (non-hydrogen) atoms. The minimum atomic E-state index is -0.139. The van der Waals surface area contributed by atoms with Gasteiger partial charge in [-0.2, -0.15) is 0 Å². The van der Waals surface area contributed by atoms with Crippen molar-refractivity contribution in [2.24, 2.45) is 0 Å². The molecular formula is C14H21N5. The maximum Gasteiger partial charge on any atom is 0.159 e. The summed E-state index contributed by atoms with van der Waals surface area (Å²) in [4.78, 5) is 13.5. The Labute approximate surface area is 113 Å². The molecule has 102 valence electrons. The highest BCUT2D eigenvalue weighted by atomic mass is 15.1. The molecule has 0 atom stereocenters. The van der Waals surface area contributed by atoms with Gasteiger partial charge in [0.15, 0.2) is 5.82 Å². The number of rotatable bonds is 2. The minimum absolute atomic E-state index is 0.139. The molecule has 0 bridgehead atoms. The zero-order valence-corrected chi connectivity index (χ0v) is 12.2. The number of aromatic nitrogens is 4. The van der Waals surface area contributed by atoms with Gasteiger partial charge in [-0.05, 0) is 13.8 Å². The summed E-state index contributed by atoms with van der Waals surface area (Å²) in [5.41, 5.74) is 7.60. The standard InChI is InChI=1S/C14H21N5/c1-6-19-8-7-16-12(19)10-9(2)11(15)18-13(17-10)14(3,4)5/h7-8H,6H2,1-5H3,(H2,15,17,18). The van der Waals surface area contributed by atoms with Crippen molar-refractivity contribution in [1.29, 1.82) is 0 Å². The summed E-state index contributed by atoms with van der Waals surface area (Å²) in [5, 5.41) is 0. The molecule has 0 unspecified atom stereocenters. The Bertz CT molecular complexity index is 592. The quantitative estimate of drug-likeness (QED) is 0.899. The van der Waals surface area contributed by atoms with Crippen LogP contribution in [0.15, 0.2) is 12.4 Å². The Morgan fingerprint density at radius 1 is 1.26 bits per heavy atom. The summed E-state index contributed by atoms with van der Waals surface area (Å²) in [5.74, 6) is 2.12. The van der Waals surface area contributed by atoms with Gasteiger partial charge in [0.05, 0.1) is 0 Å². The fourth-order valence-corrected chi connectivity index (χ4v) is 1.87. The fraction of sp³-hybridized carbons (Fsp3) is 0.500. The van der Waals surface area contributed by atoms with Crippen LogP contribution < -0.4 is 5.73 Å². The largest absolute Gasteiger partial charge is 0.383 e. The number of nitrogens with zero attached hydrogens (tertiary/aromatic N) is 4. The van der Waals surface area contributed by atoms with Crippen molar-refractivity contribution in [3.8, 4) is 11.5 Å². The highest BCUT2D eigenvalue weighted by molar-refractivity contribution is 5.62. The van der Waals surface area contributed by atoms with E-state index < -0.39 is 0 Å². The van der Waals surface area contributed by atoms with Crippen LogP contribution >= 0.6 is 0 Å². The van der Waals surface area contributed by atoms with Gasteiger partial charge in [-0.1, -0.05) is 20.8 Å². The molecular weight excluding hydrogens is 238 g/mol. The molecule has 0 saturated heterocycles. The topological polar surface area (TPSA) is 69.6 Å². The zero-order valence-electron chi connectivity index (χ0n) is 12.2. The van der Waals surface area contributed by atoms with E-state index in [4.69, 9.17) is 5.73 Å². The molecule has 2 heterocycles. The average molecular weight is 259 g/mol. The summed E-state index contributed by atoms with van der Waals surface area (Å²) in [6, 6.07) is 0. The van der Waals surface area contributed by atoms with Crippen LogP contribution in [-0.2, 0) is 12.0 Å². The van der Waals surface area contributed by atoms with E-state index in [9.17, 15) is 0 Å². The van der Waals surface area contributed by atoms with E-state index in [1.807, 2.05) is 13.1 Å². The molecule has 0 fully saturated rings. The second-order valence-corrected chi connectivity index (χ2v) is 5.69. The average Bonchev–Trinajstić information content (AvgIpc) is 2.79. The lowest BCUT2D eigenvalue weighted by molar-refractivity contribution is 0.546. The number of aryl methyl sites for hydroxylation is 1. The third-order valence-corrected chi connectivity index (χ3v) is 3.12. The number of hydrogen-bond acceptors (Lipinski definition) is 4. The third kappa shape index (κ3) is 2.45. The molecule has 0 aliphatic carbocycles. The SMILES string of the molecule is CCn1ccnc1-c1nc(C(C)(C)C)nc(N)c1C. The summed E-state index contributed by atoms with van der Waals surface area (Å²) >= 11 is 0. The predicted octanol–water partition coefficient (Wildman–Crippen LogP) is 2.55. The van der Waals surface area contributed by atoms with Gasteiger partial charge in [0.2, 0.25) is 0 Å². The van der Waals surface area contributed by atoms with Crippen LogP contribution in [0.25, 0.3) is 11.5 Å².